The van der Waals surface area contributed by atoms with E-state index in [1.165, 1.54) is 22.7 Å². The van der Waals surface area contributed by atoms with Crippen LogP contribution < -0.4 is 4.90 Å². The lowest BCUT2D eigenvalue weighted by molar-refractivity contribution is 0.475. The molecule has 1 aliphatic heterocycles. The maximum Gasteiger partial charge on any atom is 0.205 e. The summed E-state index contributed by atoms with van der Waals surface area (Å²) in [6.45, 7) is 1.76. The first kappa shape index (κ1) is 14.9. The van der Waals surface area contributed by atoms with Gasteiger partial charge in [-0.1, -0.05) is 48.5 Å². The smallest absolute Gasteiger partial charge is 0.205 e. The van der Waals surface area contributed by atoms with Crippen LogP contribution >= 0.6 is 11.5 Å². The van der Waals surface area contributed by atoms with E-state index < -0.39 is 0 Å². The maximum absolute atomic E-state index is 9.40. The standard InChI is InChI=1S/C19H17N3OS/c23-17-8-6-14(7-9-17)15-10-12-22(13-11-15)19-20-18(21-24-19)16-4-2-1-3-5-16/h1-10,23H,11-13H2. The van der Waals surface area contributed by atoms with Crippen molar-refractivity contribution in [3.63, 3.8) is 0 Å². The van der Waals surface area contributed by atoms with Crippen LogP contribution in [0.3, 0.4) is 0 Å². The lowest BCUT2D eigenvalue weighted by atomic mass is 10.00. The Morgan fingerprint density at radius 3 is 2.46 bits per heavy atom. The zero-order valence-corrected chi connectivity index (χ0v) is 13.9. The highest BCUT2D eigenvalue weighted by atomic mass is 32.1. The van der Waals surface area contributed by atoms with Gasteiger partial charge < -0.3 is 10.0 Å². The third-order valence-electron chi connectivity index (χ3n) is 4.17. The summed E-state index contributed by atoms with van der Waals surface area (Å²) in [5.41, 5.74) is 3.55. The molecule has 120 valence electrons. The Balaban J connectivity index is 1.50. The molecule has 1 aliphatic rings. The van der Waals surface area contributed by atoms with E-state index >= 15 is 0 Å². The molecule has 0 saturated carbocycles. The topological polar surface area (TPSA) is 49.2 Å². The number of hydrogen-bond donors (Lipinski definition) is 1. The maximum atomic E-state index is 9.40. The first-order chi connectivity index (χ1) is 11.8. The second kappa shape index (κ2) is 6.45. The Morgan fingerprint density at radius 1 is 0.958 bits per heavy atom. The molecule has 0 aliphatic carbocycles. The lowest BCUT2D eigenvalue weighted by Crippen LogP contribution is -2.28. The van der Waals surface area contributed by atoms with Crippen LogP contribution in [0, 0.1) is 0 Å². The predicted octanol–water partition coefficient (Wildman–Crippen LogP) is 4.20. The number of rotatable bonds is 3. The van der Waals surface area contributed by atoms with Crippen LogP contribution in [0.25, 0.3) is 17.0 Å². The predicted molar refractivity (Wildman–Crippen MR) is 98.3 cm³/mol. The Labute approximate surface area is 144 Å². The average molecular weight is 335 g/mol. The summed E-state index contributed by atoms with van der Waals surface area (Å²) in [4.78, 5) is 6.94. The van der Waals surface area contributed by atoms with Crippen LogP contribution in [0.1, 0.15) is 12.0 Å². The van der Waals surface area contributed by atoms with Crippen molar-refractivity contribution < 1.29 is 5.11 Å². The molecule has 0 fully saturated rings. The van der Waals surface area contributed by atoms with E-state index in [0.29, 0.717) is 5.75 Å². The molecule has 0 atom stereocenters. The molecule has 5 heteroatoms. The van der Waals surface area contributed by atoms with E-state index in [9.17, 15) is 5.11 Å². The lowest BCUT2D eigenvalue weighted by Gasteiger charge is -2.25. The number of hydrogen-bond acceptors (Lipinski definition) is 5. The van der Waals surface area contributed by atoms with Gasteiger partial charge in [0.25, 0.3) is 0 Å². The fourth-order valence-electron chi connectivity index (χ4n) is 2.83. The minimum absolute atomic E-state index is 0.305. The molecule has 2 heterocycles. The fraction of sp³-hybridized carbons (Fsp3) is 0.158. The zero-order chi connectivity index (χ0) is 16.4. The van der Waals surface area contributed by atoms with E-state index in [4.69, 9.17) is 0 Å². The van der Waals surface area contributed by atoms with Crippen LogP contribution in [0.4, 0.5) is 5.13 Å². The van der Waals surface area contributed by atoms with Gasteiger partial charge in [0.15, 0.2) is 5.82 Å². The summed E-state index contributed by atoms with van der Waals surface area (Å²) in [5.74, 6) is 1.10. The molecule has 0 saturated heterocycles. The van der Waals surface area contributed by atoms with Gasteiger partial charge in [-0.05, 0) is 29.7 Å². The summed E-state index contributed by atoms with van der Waals surface area (Å²) >= 11 is 1.45. The third-order valence-corrected chi connectivity index (χ3v) is 4.94. The molecule has 4 nitrogen and oxygen atoms in total. The van der Waals surface area contributed by atoms with Crippen LogP contribution in [0.5, 0.6) is 5.75 Å². The summed E-state index contributed by atoms with van der Waals surface area (Å²) in [5, 5.41) is 10.4. The molecular formula is C19H17N3OS. The number of aromatic hydroxyl groups is 1. The molecule has 1 N–H and O–H groups in total. The van der Waals surface area contributed by atoms with Crippen molar-refractivity contribution in [1.82, 2.24) is 9.36 Å². The van der Waals surface area contributed by atoms with Gasteiger partial charge in [-0.2, -0.15) is 9.36 Å². The zero-order valence-electron chi connectivity index (χ0n) is 13.1. The van der Waals surface area contributed by atoms with E-state index in [1.54, 1.807) is 12.1 Å². The van der Waals surface area contributed by atoms with Crippen LogP contribution in [-0.2, 0) is 0 Å². The molecule has 24 heavy (non-hydrogen) atoms. The number of benzene rings is 2. The second-order valence-electron chi connectivity index (χ2n) is 5.74. The number of anilines is 1. The molecule has 3 aromatic rings. The number of aromatic nitrogens is 2. The van der Waals surface area contributed by atoms with Crippen molar-refractivity contribution in [3.05, 3.63) is 66.2 Å². The number of phenols is 1. The fourth-order valence-corrected chi connectivity index (χ4v) is 3.55. The Bertz CT molecular complexity index is 856. The van der Waals surface area contributed by atoms with Gasteiger partial charge in [0.1, 0.15) is 5.75 Å². The van der Waals surface area contributed by atoms with Crippen molar-refractivity contribution in [2.45, 2.75) is 6.42 Å². The van der Waals surface area contributed by atoms with Gasteiger partial charge in [0.05, 0.1) is 0 Å². The van der Waals surface area contributed by atoms with E-state index in [2.05, 4.69) is 20.3 Å². The summed E-state index contributed by atoms with van der Waals surface area (Å²) in [6.07, 6.45) is 3.20. The van der Waals surface area contributed by atoms with Crippen LogP contribution in [0.2, 0.25) is 0 Å². The molecule has 2 aromatic carbocycles. The molecule has 0 unspecified atom stereocenters. The van der Waals surface area contributed by atoms with Gasteiger partial charge in [-0.3, -0.25) is 0 Å². The van der Waals surface area contributed by atoms with E-state index in [0.717, 1.165) is 36.0 Å². The first-order valence-corrected chi connectivity index (χ1v) is 8.69. The molecule has 0 bridgehead atoms. The van der Waals surface area contributed by atoms with Crippen molar-refractivity contribution >= 4 is 22.2 Å². The van der Waals surface area contributed by atoms with Crippen molar-refractivity contribution in [1.29, 1.82) is 0 Å². The van der Waals surface area contributed by atoms with Gasteiger partial charge in [0.2, 0.25) is 5.13 Å². The van der Waals surface area contributed by atoms with Crippen molar-refractivity contribution in [3.8, 4) is 17.1 Å². The van der Waals surface area contributed by atoms with Gasteiger partial charge >= 0.3 is 0 Å². The van der Waals surface area contributed by atoms with E-state index in [-0.39, 0.29) is 0 Å². The minimum atomic E-state index is 0.305. The molecular weight excluding hydrogens is 318 g/mol. The highest BCUT2D eigenvalue weighted by Crippen LogP contribution is 2.29. The third kappa shape index (κ3) is 3.03. The van der Waals surface area contributed by atoms with Gasteiger partial charge in [-0.25, -0.2) is 0 Å². The molecule has 1 aromatic heterocycles. The van der Waals surface area contributed by atoms with E-state index in [1.807, 2.05) is 42.5 Å². The monoisotopic (exact) mass is 335 g/mol. The number of phenolic OH excluding ortho intramolecular Hbond substituents is 1. The summed E-state index contributed by atoms with van der Waals surface area (Å²) in [6, 6.07) is 17.5. The highest BCUT2D eigenvalue weighted by molar-refractivity contribution is 7.09. The Morgan fingerprint density at radius 2 is 1.75 bits per heavy atom. The van der Waals surface area contributed by atoms with Gasteiger partial charge in [-0.15, -0.1) is 0 Å². The molecule has 4 rings (SSSR count). The summed E-state index contributed by atoms with van der Waals surface area (Å²) < 4.78 is 4.49. The normalized spacial score (nSPS) is 14.5. The minimum Gasteiger partial charge on any atom is -0.508 e. The van der Waals surface area contributed by atoms with Crippen molar-refractivity contribution in [2.75, 3.05) is 18.0 Å². The van der Waals surface area contributed by atoms with Crippen LogP contribution in [0.15, 0.2) is 60.7 Å². The average Bonchev–Trinajstić information content (AvgIpc) is 3.13. The Hall–Kier alpha value is -2.66. The number of nitrogens with zero attached hydrogens (tertiary/aromatic N) is 3. The molecule has 0 spiro atoms. The highest BCUT2D eigenvalue weighted by Gasteiger charge is 2.17. The SMILES string of the molecule is Oc1ccc(C2=CCN(c3nc(-c4ccccc4)ns3)CC2)cc1. The second-order valence-corrected chi connectivity index (χ2v) is 6.47. The first-order valence-electron chi connectivity index (χ1n) is 7.92. The van der Waals surface area contributed by atoms with Crippen molar-refractivity contribution in [2.24, 2.45) is 0 Å². The van der Waals surface area contributed by atoms with Gasteiger partial charge in [0, 0.05) is 30.2 Å². The largest absolute Gasteiger partial charge is 0.508 e. The molecule has 0 radical (unpaired) electrons. The Kier molecular flexibility index (Phi) is 4.01. The van der Waals surface area contributed by atoms with Crippen LogP contribution in [-0.4, -0.2) is 27.6 Å². The summed E-state index contributed by atoms with van der Waals surface area (Å²) in [7, 11) is 0. The molecule has 0 amide bonds. The quantitative estimate of drug-likeness (QED) is 0.779.